The largest absolute Gasteiger partial charge is 0.392 e. The van der Waals surface area contributed by atoms with E-state index in [4.69, 9.17) is 0 Å². The third kappa shape index (κ3) is 4.94. The Bertz CT molecular complexity index is 395. The summed E-state index contributed by atoms with van der Waals surface area (Å²) in [5.74, 6) is -1.68. The predicted octanol–water partition coefficient (Wildman–Crippen LogP) is 2.72. The van der Waals surface area contributed by atoms with E-state index < -0.39 is 17.7 Å². The predicted molar refractivity (Wildman–Crippen MR) is 68.1 cm³/mol. The maximum absolute atomic E-state index is 13.0. The van der Waals surface area contributed by atoms with Crippen molar-refractivity contribution in [2.24, 2.45) is 0 Å². The topological polar surface area (TPSA) is 23.5 Å². The number of likely N-dealkylation sites (N-methyl/N-ethyl adjacent to an activating group) is 1. The Hall–Kier alpha value is -1.26. The third-order valence-corrected chi connectivity index (χ3v) is 2.66. The SMILES string of the molecule is C=CCCC(O)CN(C)Cc1ccc(F)c(F)c1. The number of aliphatic hydroxyl groups excluding tert-OH is 1. The first-order chi connectivity index (χ1) is 8.52. The Morgan fingerprint density at radius 3 is 2.72 bits per heavy atom. The van der Waals surface area contributed by atoms with Crippen molar-refractivity contribution in [3.63, 3.8) is 0 Å². The summed E-state index contributed by atoms with van der Waals surface area (Å²) < 4.78 is 25.8. The van der Waals surface area contributed by atoms with Crippen molar-refractivity contribution in [2.75, 3.05) is 13.6 Å². The minimum absolute atomic E-state index is 0.432. The second kappa shape index (κ2) is 7.24. The van der Waals surface area contributed by atoms with Crippen LogP contribution in [0.15, 0.2) is 30.9 Å². The minimum atomic E-state index is -0.840. The molecule has 0 radical (unpaired) electrons. The highest BCUT2D eigenvalue weighted by atomic mass is 19.2. The summed E-state index contributed by atoms with van der Waals surface area (Å²) in [7, 11) is 1.83. The molecule has 0 saturated heterocycles. The summed E-state index contributed by atoms with van der Waals surface area (Å²) >= 11 is 0. The molecule has 0 fully saturated rings. The molecule has 0 spiro atoms. The average molecular weight is 255 g/mol. The standard InChI is InChI=1S/C14H19F2NO/c1-3-4-5-12(18)10-17(2)9-11-6-7-13(15)14(16)8-11/h3,6-8,12,18H,1,4-5,9-10H2,2H3. The van der Waals surface area contributed by atoms with Crippen LogP contribution in [0.2, 0.25) is 0 Å². The zero-order valence-electron chi connectivity index (χ0n) is 10.6. The number of halogens is 2. The lowest BCUT2D eigenvalue weighted by molar-refractivity contribution is 0.116. The van der Waals surface area contributed by atoms with Crippen molar-refractivity contribution in [1.29, 1.82) is 0 Å². The molecular weight excluding hydrogens is 236 g/mol. The molecule has 1 rings (SSSR count). The third-order valence-electron chi connectivity index (χ3n) is 2.66. The number of aliphatic hydroxyl groups is 1. The number of allylic oxidation sites excluding steroid dienone is 1. The van der Waals surface area contributed by atoms with E-state index in [2.05, 4.69) is 6.58 Å². The van der Waals surface area contributed by atoms with Crippen LogP contribution >= 0.6 is 0 Å². The van der Waals surface area contributed by atoms with E-state index in [1.807, 2.05) is 11.9 Å². The Kier molecular flexibility index (Phi) is 5.95. The zero-order valence-corrected chi connectivity index (χ0v) is 10.6. The molecule has 18 heavy (non-hydrogen) atoms. The zero-order chi connectivity index (χ0) is 13.5. The van der Waals surface area contributed by atoms with Gasteiger partial charge in [0.2, 0.25) is 0 Å². The van der Waals surface area contributed by atoms with Gasteiger partial charge in [-0.2, -0.15) is 0 Å². The van der Waals surface area contributed by atoms with Crippen LogP contribution in [0, 0.1) is 11.6 Å². The van der Waals surface area contributed by atoms with Gasteiger partial charge in [-0.1, -0.05) is 12.1 Å². The lowest BCUT2D eigenvalue weighted by atomic mass is 10.1. The second-order valence-corrected chi connectivity index (χ2v) is 4.47. The number of rotatable bonds is 7. The Balaban J connectivity index is 2.45. The van der Waals surface area contributed by atoms with Crippen molar-refractivity contribution >= 4 is 0 Å². The number of hydrogen-bond donors (Lipinski definition) is 1. The van der Waals surface area contributed by atoms with Crippen molar-refractivity contribution in [3.05, 3.63) is 48.1 Å². The van der Waals surface area contributed by atoms with E-state index in [1.165, 1.54) is 6.07 Å². The van der Waals surface area contributed by atoms with E-state index in [0.717, 1.165) is 12.5 Å². The van der Waals surface area contributed by atoms with Crippen LogP contribution in [0.5, 0.6) is 0 Å². The molecule has 1 unspecified atom stereocenters. The smallest absolute Gasteiger partial charge is 0.159 e. The lowest BCUT2D eigenvalue weighted by Crippen LogP contribution is -2.28. The number of benzene rings is 1. The molecule has 4 heteroatoms. The van der Waals surface area contributed by atoms with Crippen LogP contribution in [0.4, 0.5) is 8.78 Å². The molecule has 0 aliphatic rings. The highest BCUT2D eigenvalue weighted by molar-refractivity contribution is 5.17. The summed E-state index contributed by atoms with van der Waals surface area (Å²) in [6.07, 6.45) is 2.75. The average Bonchev–Trinajstić information content (AvgIpc) is 2.31. The van der Waals surface area contributed by atoms with Crippen LogP contribution < -0.4 is 0 Å². The molecule has 0 amide bonds. The molecule has 0 aromatic heterocycles. The minimum Gasteiger partial charge on any atom is -0.392 e. The van der Waals surface area contributed by atoms with E-state index in [-0.39, 0.29) is 0 Å². The first-order valence-corrected chi connectivity index (χ1v) is 5.94. The van der Waals surface area contributed by atoms with Crippen molar-refractivity contribution < 1.29 is 13.9 Å². The molecule has 1 N–H and O–H groups in total. The Labute approximate surface area is 107 Å². The van der Waals surface area contributed by atoms with Gasteiger partial charge >= 0.3 is 0 Å². The highest BCUT2D eigenvalue weighted by Gasteiger charge is 2.09. The monoisotopic (exact) mass is 255 g/mol. The molecule has 0 saturated carbocycles. The Morgan fingerprint density at radius 1 is 1.39 bits per heavy atom. The quantitative estimate of drug-likeness (QED) is 0.757. The van der Waals surface area contributed by atoms with Gasteiger partial charge in [0.1, 0.15) is 0 Å². The molecule has 0 aliphatic carbocycles. The summed E-state index contributed by atoms with van der Waals surface area (Å²) in [6.45, 7) is 4.56. The van der Waals surface area contributed by atoms with E-state index in [9.17, 15) is 13.9 Å². The van der Waals surface area contributed by atoms with Gasteiger partial charge in [-0.3, -0.25) is 4.90 Å². The summed E-state index contributed by atoms with van der Waals surface area (Å²) in [4.78, 5) is 1.88. The molecular formula is C14H19F2NO. The lowest BCUT2D eigenvalue weighted by Gasteiger charge is -2.20. The Morgan fingerprint density at radius 2 is 2.11 bits per heavy atom. The summed E-state index contributed by atoms with van der Waals surface area (Å²) in [5.41, 5.74) is 0.687. The second-order valence-electron chi connectivity index (χ2n) is 4.47. The van der Waals surface area contributed by atoms with E-state index >= 15 is 0 Å². The first kappa shape index (κ1) is 14.8. The summed E-state index contributed by atoms with van der Waals surface area (Å²) in [6, 6.07) is 3.85. The highest BCUT2D eigenvalue weighted by Crippen LogP contribution is 2.11. The van der Waals surface area contributed by atoms with Gasteiger partial charge in [0, 0.05) is 13.1 Å². The summed E-state index contributed by atoms with van der Waals surface area (Å²) in [5, 5.41) is 9.70. The van der Waals surface area contributed by atoms with Crippen LogP contribution in [0.3, 0.4) is 0 Å². The van der Waals surface area contributed by atoms with Gasteiger partial charge in [0.05, 0.1) is 6.10 Å². The fourth-order valence-electron chi connectivity index (χ4n) is 1.78. The molecule has 2 nitrogen and oxygen atoms in total. The van der Waals surface area contributed by atoms with E-state index in [0.29, 0.717) is 25.1 Å². The normalized spacial score (nSPS) is 12.7. The van der Waals surface area contributed by atoms with Crippen molar-refractivity contribution in [3.8, 4) is 0 Å². The van der Waals surface area contributed by atoms with E-state index in [1.54, 1.807) is 12.1 Å². The molecule has 1 aromatic rings. The van der Waals surface area contributed by atoms with Gasteiger partial charge in [-0.05, 0) is 37.6 Å². The maximum Gasteiger partial charge on any atom is 0.159 e. The number of nitrogens with zero attached hydrogens (tertiary/aromatic N) is 1. The van der Waals surface area contributed by atoms with Gasteiger partial charge in [0.15, 0.2) is 11.6 Å². The van der Waals surface area contributed by atoms with Gasteiger partial charge in [-0.25, -0.2) is 8.78 Å². The van der Waals surface area contributed by atoms with Gasteiger partial charge in [0.25, 0.3) is 0 Å². The van der Waals surface area contributed by atoms with Crippen LogP contribution in [-0.2, 0) is 6.54 Å². The van der Waals surface area contributed by atoms with Crippen molar-refractivity contribution in [2.45, 2.75) is 25.5 Å². The fourth-order valence-corrected chi connectivity index (χ4v) is 1.78. The molecule has 100 valence electrons. The number of hydrogen-bond acceptors (Lipinski definition) is 2. The van der Waals surface area contributed by atoms with Crippen molar-refractivity contribution in [1.82, 2.24) is 4.90 Å². The maximum atomic E-state index is 13.0. The van der Waals surface area contributed by atoms with Crippen LogP contribution in [-0.4, -0.2) is 29.7 Å². The first-order valence-electron chi connectivity index (χ1n) is 5.94. The molecule has 1 atom stereocenters. The van der Waals surface area contributed by atoms with Crippen LogP contribution in [0.1, 0.15) is 18.4 Å². The van der Waals surface area contributed by atoms with Crippen LogP contribution in [0.25, 0.3) is 0 Å². The van der Waals surface area contributed by atoms with Gasteiger partial charge in [-0.15, -0.1) is 6.58 Å². The fraction of sp³-hybridized carbons (Fsp3) is 0.429. The molecule has 0 heterocycles. The molecule has 0 bridgehead atoms. The molecule has 0 aliphatic heterocycles. The molecule has 1 aromatic carbocycles. The van der Waals surface area contributed by atoms with Gasteiger partial charge < -0.3 is 5.11 Å².